The van der Waals surface area contributed by atoms with Crippen molar-refractivity contribution in [1.82, 2.24) is 19.6 Å². The van der Waals surface area contributed by atoms with Crippen LogP contribution < -0.4 is 5.73 Å². The predicted molar refractivity (Wildman–Crippen MR) is 69.7 cm³/mol. The van der Waals surface area contributed by atoms with E-state index in [1.54, 1.807) is 29.0 Å². The lowest BCUT2D eigenvalue weighted by molar-refractivity contribution is 0.564. The number of nitrogens with two attached hydrogens (primary N) is 1. The van der Waals surface area contributed by atoms with Crippen molar-refractivity contribution in [3.63, 3.8) is 0 Å². The molecule has 0 bridgehead atoms. The summed E-state index contributed by atoms with van der Waals surface area (Å²) in [7, 11) is 0. The first-order valence-electron chi connectivity index (χ1n) is 5.32. The lowest BCUT2D eigenvalue weighted by Crippen LogP contribution is -1.93. The molecule has 0 amide bonds. The van der Waals surface area contributed by atoms with Crippen LogP contribution in [0.1, 0.15) is 0 Å². The lowest BCUT2D eigenvalue weighted by Gasteiger charge is -2.02. The normalized spacial score (nSPS) is 12.7. The number of hydrogen-bond acceptors (Lipinski definition) is 5. The van der Waals surface area contributed by atoms with Gasteiger partial charge in [-0.05, 0) is 18.2 Å². The third-order valence-electron chi connectivity index (χ3n) is 2.60. The van der Waals surface area contributed by atoms with E-state index < -0.39 is 11.1 Å². The standard InChI is InChI=1S/C11H9N5O2S/c12-11-14-10-2-1-7(6-16(10)15-11)8-3-9(19(17)18)5-13-4-8/h1-6H,(H2,12,15)(H,17,18). The molecule has 8 heteroatoms. The predicted octanol–water partition coefficient (Wildman–Crippen LogP) is 0.954. The first-order chi connectivity index (χ1) is 9.13. The van der Waals surface area contributed by atoms with Crippen LogP contribution >= 0.6 is 0 Å². The van der Waals surface area contributed by atoms with Gasteiger partial charge < -0.3 is 10.3 Å². The SMILES string of the molecule is Nc1nc2ccc(-c3cncc(S(=O)O)c3)cn2n1. The van der Waals surface area contributed by atoms with Gasteiger partial charge in [-0.25, -0.2) is 8.72 Å². The van der Waals surface area contributed by atoms with Crippen molar-refractivity contribution in [2.45, 2.75) is 4.90 Å². The fraction of sp³-hybridized carbons (Fsp3) is 0. The Morgan fingerprint density at radius 1 is 1.26 bits per heavy atom. The minimum absolute atomic E-state index is 0.195. The summed E-state index contributed by atoms with van der Waals surface area (Å²) >= 11 is -2.05. The molecule has 3 N–H and O–H groups in total. The number of rotatable bonds is 2. The van der Waals surface area contributed by atoms with E-state index in [9.17, 15) is 4.21 Å². The van der Waals surface area contributed by atoms with Gasteiger partial charge in [0.1, 0.15) is 0 Å². The van der Waals surface area contributed by atoms with Crippen molar-refractivity contribution in [3.8, 4) is 11.1 Å². The van der Waals surface area contributed by atoms with Gasteiger partial charge in [-0.15, -0.1) is 5.10 Å². The van der Waals surface area contributed by atoms with E-state index in [0.717, 1.165) is 11.1 Å². The molecule has 0 aromatic carbocycles. The van der Waals surface area contributed by atoms with Gasteiger partial charge in [0.15, 0.2) is 16.7 Å². The molecule has 0 fully saturated rings. The summed E-state index contributed by atoms with van der Waals surface area (Å²) in [6, 6.07) is 5.19. The van der Waals surface area contributed by atoms with Gasteiger partial charge in [0.2, 0.25) is 5.95 Å². The number of fused-ring (bicyclic) bond motifs is 1. The number of nitrogen functional groups attached to an aromatic ring is 1. The third-order valence-corrected chi connectivity index (χ3v) is 3.22. The Morgan fingerprint density at radius 3 is 2.89 bits per heavy atom. The molecule has 1 atom stereocenters. The summed E-state index contributed by atoms with van der Waals surface area (Å²) in [4.78, 5) is 8.21. The second kappa shape index (κ2) is 4.41. The Kier molecular flexibility index (Phi) is 2.73. The monoisotopic (exact) mass is 275 g/mol. The van der Waals surface area contributed by atoms with Crippen LogP contribution in [0.2, 0.25) is 0 Å². The highest BCUT2D eigenvalue weighted by Crippen LogP contribution is 2.20. The second-order valence-corrected chi connectivity index (χ2v) is 4.82. The fourth-order valence-electron chi connectivity index (χ4n) is 1.74. The highest BCUT2D eigenvalue weighted by atomic mass is 32.2. The molecular formula is C11H9N5O2S. The highest BCUT2D eigenvalue weighted by molar-refractivity contribution is 7.79. The van der Waals surface area contributed by atoms with Crippen molar-refractivity contribution in [3.05, 3.63) is 36.8 Å². The topological polar surface area (TPSA) is 106 Å². The van der Waals surface area contributed by atoms with Crippen LogP contribution in [0.4, 0.5) is 5.95 Å². The Bertz CT molecular complexity index is 786. The number of hydrogen-bond donors (Lipinski definition) is 2. The summed E-state index contributed by atoms with van der Waals surface area (Å²) in [5.74, 6) is 0.195. The maximum absolute atomic E-state index is 11.0. The zero-order chi connectivity index (χ0) is 13.4. The average molecular weight is 275 g/mol. The zero-order valence-electron chi connectivity index (χ0n) is 9.59. The highest BCUT2D eigenvalue weighted by Gasteiger charge is 2.06. The number of anilines is 1. The van der Waals surface area contributed by atoms with Crippen LogP contribution in [0, 0.1) is 0 Å². The van der Waals surface area contributed by atoms with Crippen LogP contribution in [0.5, 0.6) is 0 Å². The van der Waals surface area contributed by atoms with Gasteiger partial charge in [0.25, 0.3) is 0 Å². The largest absolute Gasteiger partial charge is 0.366 e. The van der Waals surface area contributed by atoms with Crippen molar-refractivity contribution in [1.29, 1.82) is 0 Å². The molecule has 0 saturated heterocycles. The minimum atomic E-state index is -2.05. The lowest BCUT2D eigenvalue weighted by atomic mass is 10.1. The maximum Gasteiger partial charge on any atom is 0.240 e. The summed E-state index contributed by atoms with van der Waals surface area (Å²) in [5.41, 5.74) is 7.67. The van der Waals surface area contributed by atoms with E-state index in [-0.39, 0.29) is 10.8 Å². The molecule has 1 unspecified atom stereocenters. The molecule has 3 rings (SSSR count). The molecule has 0 aliphatic carbocycles. The molecular weight excluding hydrogens is 266 g/mol. The van der Waals surface area contributed by atoms with Crippen LogP contribution in [0.3, 0.4) is 0 Å². The van der Waals surface area contributed by atoms with Gasteiger partial charge >= 0.3 is 0 Å². The van der Waals surface area contributed by atoms with Crippen molar-refractivity contribution in [2.24, 2.45) is 0 Å². The number of pyridine rings is 2. The third kappa shape index (κ3) is 2.18. The minimum Gasteiger partial charge on any atom is -0.366 e. The molecule has 3 heterocycles. The van der Waals surface area contributed by atoms with Gasteiger partial charge in [-0.2, -0.15) is 4.98 Å². The summed E-state index contributed by atoms with van der Waals surface area (Å²) < 4.78 is 21.6. The van der Waals surface area contributed by atoms with Crippen LogP contribution in [-0.4, -0.2) is 28.3 Å². The quantitative estimate of drug-likeness (QED) is 0.674. The Morgan fingerprint density at radius 2 is 2.11 bits per heavy atom. The van der Waals surface area contributed by atoms with Crippen molar-refractivity contribution < 1.29 is 8.76 Å². The van der Waals surface area contributed by atoms with E-state index >= 15 is 0 Å². The summed E-state index contributed by atoms with van der Waals surface area (Å²) in [6.07, 6.45) is 4.70. The first-order valence-corrected chi connectivity index (χ1v) is 6.42. The summed E-state index contributed by atoms with van der Waals surface area (Å²) in [6.45, 7) is 0. The smallest absolute Gasteiger partial charge is 0.240 e. The molecule has 3 aromatic rings. The van der Waals surface area contributed by atoms with E-state index in [1.807, 2.05) is 6.07 Å². The Balaban J connectivity index is 2.12. The van der Waals surface area contributed by atoms with E-state index in [4.69, 9.17) is 10.3 Å². The van der Waals surface area contributed by atoms with Crippen molar-refractivity contribution in [2.75, 3.05) is 5.73 Å². The second-order valence-electron chi connectivity index (χ2n) is 3.85. The van der Waals surface area contributed by atoms with E-state index in [2.05, 4.69) is 15.1 Å². The van der Waals surface area contributed by atoms with Gasteiger partial charge in [-0.3, -0.25) is 4.98 Å². The summed E-state index contributed by atoms with van der Waals surface area (Å²) in [5, 5.41) is 4.01. The number of nitrogens with zero attached hydrogens (tertiary/aromatic N) is 4. The molecule has 0 radical (unpaired) electrons. The van der Waals surface area contributed by atoms with Crippen LogP contribution in [0.25, 0.3) is 16.8 Å². The Labute approximate surface area is 110 Å². The first kappa shape index (κ1) is 11.8. The molecule has 0 aliphatic rings. The molecule has 7 nitrogen and oxygen atoms in total. The van der Waals surface area contributed by atoms with Crippen LogP contribution in [-0.2, 0) is 11.1 Å². The van der Waals surface area contributed by atoms with Gasteiger partial charge in [0, 0.05) is 29.7 Å². The van der Waals surface area contributed by atoms with Crippen molar-refractivity contribution >= 4 is 22.7 Å². The zero-order valence-corrected chi connectivity index (χ0v) is 10.4. The number of aromatic nitrogens is 4. The maximum atomic E-state index is 11.0. The molecule has 0 aliphatic heterocycles. The molecule has 0 saturated carbocycles. The molecule has 0 spiro atoms. The van der Waals surface area contributed by atoms with Gasteiger partial charge in [-0.1, -0.05) is 0 Å². The fourth-order valence-corrected chi connectivity index (χ4v) is 2.12. The molecule has 96 valence electrons. The molecule has 19 heavy (non-hydrogen) atoms. The van der Waals surface area contributed by atoms with Gasteiger partial charge in [0.05, 0.1) is 4.90 Å². The molecule has 3 aromatic heterocycles. The van der Waals surface area contributed by atoms with E-state index in [1.165, 1.54) is 6.20 Å². The van der Waals surface area contributed by atoms with E-state index in [0.29, 0.717) is 5.65 Å². The Hall–Kier alpha value is -2.32. The average Bonchev–Trinajstić information content (AvgIpc) is 2.77. The van der Waals surface area contributed by atoms with Crippen LogP contribution in [0.15, 0.2) is 41.7 Å².